The van der Waals surface area contributed by atoms with E-state index in [-0.39, 0.29) is 17.4 Å². The number of rotatable bonds is 2. The Morgan fingerprint density at radius 3 is 2.54 bits per heavy atom. The number of benzene rings is 3. The third-order valence-corrected chi connectivity index (χ3v) is 5.73. The fourth-order valence-electron chi connectivity index (χ4n) is 4.47. The summed E-state index contributed by atoms with van der Waals surface area (Å²) in [5.74, 6) is -0.0540. The van der Waals surface area contributed by atoms with Crippen LogP contribution in [0.2, 0.25) is 0 Å². The summed E-state index contributed by atoms with van der Waals surface area (Å²) in [4.78, 5) is 23.6. The molecule has 0 fully saturated rings. The molecule has 1 atom stereocenters. The number of nitro groups is 1. The third-order valence-electron chi connectivity index (χ3n) is 5.73. The van der Waals surface area contributed by atoms with E-state index in [1.165, 1.54) is 12.1 Å². The van der Waals surface area contributed by atoms with Crippen molar-refractivity contribution in [1.82, 2.24) is 0 Å². The van der Waals surface area contributed by atoms with Crippen molar-refractivity contribution in [3.8, 4) is 0 Å². The van der Waals surface area contributed by atoms with Gasteiger partial charge >= 0.3 is 0 Å². The second-order valence-electron chi connectivity index (χ2n) is 7.32. The number of carbonyl (C=O) groups excluding carboxylic acids is 1. The molecule has 5 nitrogen and oxygen atoms in total. The number of anilines is 1. The number of allylic oxidation sites excluding steroid dienone is 2. The molecule has 28 heavy (non-hydrogen) atoms. The fraction of sp³-hybridized carbons (Fsp3) is 0.174. The van der Waals surface area contributed by atoms with Gasteiger partial charge in [-0.15, -0.1) is 0 Å². The van der Waals surface area contributed by atoms with Gasteiger partial charge in [0.15, 0.2) is 5.78 Å². The van der Waals surface area contributed by atoms with Gasteiger partial charge in [0, 0.05) is 41.4 Å². The van der Waals surface area contributed by atoms with E-state index in [0.717, 1.165) is 51.7 Å². The van der Waals surface area contributed by atoms with Crippen LogP contribution < -0.4 is 5.32 Å². The summed E-state index contributed by atoms with van der Waals surface area (Å²) in [6, 6.07) is 18.9. The molecule has 138 valence electrons. The lowest BCUT2D eigenvalue weighted by Crippen LogP contribution is -2.27. The number of ketones is 1. The smallest absolute Gasteiger partial charge is 0.269 e. The van der Waals surface area contributed by atoms with Crippen LogP contribution in [0.5, 0.6) is 0 Å². The van der Waals surface area contributed by atoms with Crippen LogP contribution >= 0.6 is 0 Å². The predicted molar refractivity (Wildman–Crippen MR) is 108 cm³/mol. The minimum Gasteiger partial charge on any atom is -0.358 e. The van der Waals surface area contributed by atoms with E-state index in [0.29, 0.717) is 6.42 Å². The minimum atomic E-state index is -0.397. The number of hydrogen-bond donors (Lipinski definition) is 1. The predicted octanol–water partition coefficient (Wildman–Crippen LogP) is 5.31. The van der Waals surface area contributed by atoms with Crippen LogP contribution in [0, 0.1) is 10.1 Å². The summed E-state index contributed by atoms with van der Waals surface area (Å²) < 4.78 is 0. The molecule has 0 saturated heterocycles. The van der Waals surface area contributed by atoms with Crippen molar-refractivity contribution < 1.29 is 9.72 Å². The first-order valence-corrected chi connectivity index (χ1v) is 9.43. The molecule has 3 aromatic rings. The molecule has 0 saturated carbocycles. The molecule has 1 N–H and O–H groups in total. The van der Waals surface area contributed by atoms with Crippen LogP contribution in [0.3, 0.4) is 0 Å². The van der Waals surface area contributed by atoms with Gasteiger partial charge in [0.25, 0.3) is 5.69 Å². The average Bonchev–Trinajstić information content (AvgIpc) is 2.72. The number of fused-ring (bicyclic) bond motifs is 3. The number of nitro benzene ring substituents is 1. The molecule has 0 aromatic heterocycles. The maximum Gasteiger partial charge on any atom is 0.269 e. The van der Waals surface area contributed by atoms with Gasteiger partial charge in [-0.3, -0.25) is 14.9 Å². The van der Waals surface area contributed by atoms with E-state index >= 15 is 0 Å². The van der Waals surface area contributed by atoms with Crippen LogP contribution in [0.25, 0.3) is 10.8 Å². The van der Waals surface area contributed by atoms with Crippen LogP contribution in [0.15, 0.2) is 71.9 Å². The Kier molecular flexibility index (Phi) is 3.76. The maximum absolute atomic E-state index is 12.9. The standard InChI is InChI=1S/C23H18N2O3/c26-20-7-3-6-18-23(20)21(15-8-11-16(12-9-15)25(27)28)22-17-5-2-1-4-14(17)10-13-19(22)24-18/h1-2,4-5,8-13,21,24H,3,6-7H2. The number of non-ortho nitro benzene ring substituents is 1. The SMILES string of the molecule is O=C1CCCC2=C1C(c1ccc([N+](=O)[O-])cc1)c1c(ccc3ccccc13)N2. The van der Waals surface area contributed by atoms with Gasteiger partial charge in [-0.1, -0.05) is 42.5 Å². The second-order valence-corrected chi connectivity index (χ2v) is 7.32. The number of Topliss-reactive ketones (excluding diaryl/α,β-unsaturated/α-hetero) is 1. The molecular weight excluding hydrogens is 352 g/mol. The summed E-state index contributed by atoms with van der Waals surface area (Å²) in [6.07, 6.45) is 2.24. The Hall–Kier alpha value is -3.47. The Bertz CT molecular complexity index is 1160. The lowest BCUT2D eigenvalue weighted by atomic mass is 9.74. The molecule has 0 radical (unpaired) electrons. The highest BCUT2D eigenvalue weighted by molar-refractivity contribution is 6.04. The number of hydrogen-bond acceptors (Lipinski definition) is 4. The Balaban J connectivity index is 1.78. The first-order chi connectivity index (χ1) is 13.6. The third kappa shape index (κ3) is 2.51. The van der Waals surface area contributed by atoms with Crippen molar-refractivity contribution in [2.24, 2.45) is 0 Å². The summed E-state index contributed by atoms with van der Waals surface area (Å²) in [6.45, 7) is 0. The maximum atomic E-state index is 12.9. The average molecular weight is 370 g/mol. The molecule has 5 heteroatoms. The molecular formula is C23H18N2O3. The van der Waals surface area contributed by atoms with Crippen LogP contribution in [0.1, 0.15) is 36.3 Å². The molecule has 1 unspecified atom stereocenters. The van der Waals surface area contributed by atoms with E-state index < -0.39 is 4.92 Å². The monoisotopic (exact) mass is 370 g/mol. The normalized spacial score (nSPS) is 18.4. The van der Waals surface area contributed by atoms with E-state index in [9.17, 15) is 14.9 Å². The van der Waals surface area contributed by atoms with Gasteiger partial charge < -0.3 is 5.32 Å². The zero-order chi connectivity index (χ0) is 19.3. The van der Waals surface area contributed by atoms with Crippen molar-refractivity contribution in [2.75, 3.05) is 5.32 Å². The largest absolute Gasteiger partial charge is 0.358 e. The number of nitrogens with zero attached hydrogens (tertiary/aromatic N) is 1. The van der Waals surface area contributed by atoms with Gasteiger partial charge in [-0.25, -0.2) is 0 Å². The van der Waals surface area contributed by atoms with Gasteiger partial charge in [0.2, 0.25) is 0 Å². The zero-order valence-corrected chi connectivity index (χ0v) is 15.1. The van der Waals surface area contributed by atoms with E-state index in [4.69, 9.17) is 0 Å². The molecule has 1 heterocycles. The Morgan fingerprint density at radius 2 is 1.75 bits per heavy atom. The highest BCUT2D eigenvalue weighted by Gasteiger charge is 2.36. The first kappa shape index (κ1) is 16.7. The van der Waals surface area contributed by atoms with Crippen molar-refractivity contribution >= 4 is 27.9 Å². The molecule has 0 spiro atoms. The molecule has 1 aliphatic carbocycles. The topological polar surface area (TPSA) is 72.2 Å². The Labute approximate surface area is 161 Å². The molecule has 5 rings (SSSR count). The lowest BCUT2D eigenvalue weighted by Gasteiger charge is -2.35. The van der Waals surface area contributed by atoms with Gasteiger partial charge in [-0.2, -0.15) is 0 Å². The highest BCUT2D eigenvalue weighted by Crippen LogP contribution is 2.48. The van der Waals surface area contributed by atoms with Crippen LogP contribution in [0.4, 0.5) is 11.4 Å². The van der Waals surface area contributed by atoms with Crippen molar-refractivity contribution in [2.45, 2.75) is 25.2 Å². The fourth-order valence-corrected chi connectivity index (χ4v) is 4.47. The van der Waals surface area contributed by atoms with Crippen molar-refractivity contribution in [3.63, 3.8) is 0 Å². The second kappa shape index (κ2) is 6.30. The molecule has 3 aromatic carbocycles. The molecule has 1 aliphatic heterocycles. The highest BCUT2D eigenvalue weighted by atomic mass is 16.6. The minimum absolute atomic E-state index is 0.0556. The van der Waals surface area contributed by atoms with E-state index in [1.807, 2.05) is 12.1 Å². The summed E-state index contributed by atoms with van der Waals surface area (Å²) in [5.41, 5.74) is 4.84. The molecule has 0 bridgehead atoms. The van der Waals surface area contributed by atoms with E-state index in [2.05, 4.69) is 29.6 Å². The van der Waals surface area contributed by atoms with Crippen LogP contribution in [-0.4, -0.2) is 10.7 Å². The first-order valence-electron chi connectivity index (χ1n) is 9.43. The lowest BCUT2D eigenvalue weighted by molar-refractivity contribution is -0.384. The summed E-state index contributed by atoms with van der Waals surface area (Å²) >= 11 is 0. The number of carbonyl (C=O) groups is 1. The quantitative estimate of drug-likeness (QED) is 0.490. The molecule has 2 aliphatic rings. The van der Waals surface area contributed by atoms with Gasteiger partial charge in [-0.05, 0) is 40.8 Å². The van der Waals surface area contributed by atoms with Crippen molar-refractivity contribution in [1.29, 1.82) is 0 Å². The summed E-state index contributed by atoms with van der Waals surface area (Å²) in [7, 11) is 0. The summed E-state index contributed by atoms with van der Waals surface area (Å²) in [5, 5.41) is 16.8. The van der Waals surface area contributed by atoms with Crippen molar-refractivity contribution in [3.05, 3.63) is 93.2 Å². The van der Waals surface area contributed by atoms with E-state index in [1.54, 1.807) is 12.1 Å². The Morgan fingerprint density at radius 1 is 0.964 bits per heavy atom. The number of nitrogens with one attached hydrogen (secondary N) is 1. The molecule has 0 amide bonds. The van der Waals surface area contributed by atoms with Crippen LogP contribution in [-0.2, 0) is 4.79 Å². The zero-order valence-electron chi connectivity index (χ0n) is 15.1. The van der Waals surface area contributed by atoms with Gasteiger partial charge in [0.1, 0.15) is 0 Å². The van der Waals surface area contributed by atoms with Gasteiger partial charge in [0.05, 0.1) is 4.92 Å².